The molecule has 1 aromatic carbocycles. The molecule has 0 bridgehead atoms. The van der Waals surface area contributed by atoms with E-state index in [-0.39, 0.29) is 6.04 Å². The van der Waals surface area contributed by atoms with Crippen molar-refractivity contribution in [1.29, 1.82) is 0 Å². The van der Waals surface area contributed by atoms with E-state index in [1.54, 1.807) is 14.2 Å². The molecule has 2 rings (SSSR count). The number of methoxy groups -OCH3 is 2. The summed E-state index contributed by atoms with van der Waals surface area (Å²) in [6, 6.07) is 6.31. The fourth-order valence-corrected chi connectivity index (χ4v) is 2.75. The normalized spacial score (nSPS) is 21.4. The number of nitrogens with zero attached hydrogens (tertiary/aromatic N) is 1. The predicted molar refractivity (Wildman–Crippen MR) is 76.6 cm³/mol. The molecule has 2 unspecified atom stereocenters. The van der Waals surface area contributed by atoms with Crippen LogP contribution in [-0.4, -0.2) is 38.3 Å². The number of para-hydroxylation sites is 1. The average molecular weight is 264 g/mol. The Morgan fingerprint density at radius 3 is 2.74 bits per heavy atom. The zero-order chi connectivity index (χ0) is 13.8. The van der Waals surface area contributed by atoms with Gasteiger partial charge in [-0.15, -0.1) is 0 Å². The van der Waals surface area contributed by atoms with Crippen LogP contribution in [0.15, 0.2) is 18.2 Å². The summed E-state index contributed by atoms with van der Waals surface area (Å²) in [4.78, 5) is 2.44. The second kappa shape index (κ2) is 6.26. The summed E-state index contributed by atoms with van der Waals surface area (Å²) >= 11 is 0. The molecular weight excluding hydrogens is 240 g/mol. The first-order valence-corrected chi connectivity index (χ1v) is 6.83. The highest BCUT2D eigenvalue weighted by Gasteiger charge is 2.26. The first-order valence-electron chi connectivity index (χ1n) is 6.83. The summed E-state index contributed by atoms with van der Waals surface area (Å²) in [5.41, 5.74) is 7.16. The monoisotopic (exact) mass is 264 g/mol. The van der Waals surface area contributed by atoms with Gasteiger partial charge in [0.1, 0.15) is 0 Å². The fraction of sp³-hybridized carbons (Fsp3) is 0.600. The molecule has 0 saturated carbocycles. The van der Waals surface area contributed by atoms with Crippen LogP contribution >= 0.6 is 0 Å². The van der Waals surface area contributed by atoms with Crippen LogP contribution in [0.1, 0.15) is 18.9 Å². The maximum absolute atomic E-state index is 5.98. The Morgan fingerprint density at radius 2 is 2.16 bits per heavy atom. The van der Waals surface area contributed by atoms with Crippen LogP contribution in [0.2, 0.25) is 0 Å². The molecule has 19 heavy (non-hydrogen) atoms. The third-order valence-electron chi connectivity index (χ3n) is 3.93. The third-order valence-corrected chi connectivity index (χ3v) is 3.93. The highest BCUT2D eigenvalue weighted by Crippen LogP contribution is 2.32. The van der Waals surface area contributed by atoms with Gasteiger partial charge < -0.3 is 15.2 Å². The molecule has 2 N–H and O–H groups in total. The second-order valence-electron chi connectivity index (χ2n) is 5.30. The summed E-state index contributed by atoms with van der Waals surface area (Å²) < 4.78 is 10.8. The van der Waals surface area contributed by atoms with Crippen molar-refractivity contribution in [3.8, 4) is 11.5 Å². The molecule has 106 valence electrons. The Morgan fingerprint density at radius 1 is 1.37 bits per heavy atom. The van der Waals surface area contributed by atoms with Crippen LogP contribution in [0.4, 0.5) is 0 Å². The smallest absolute Gasteiger partial charge is 0.165 e. The van der Waals surface area contributed by atoms with E-state index in [1.807, 2.05) is 12.1 Å². The van der Waals surface area contributed by atoms with E-state index >= 15 is 0 Å². The van der Waals surface area contributed by atoms with Crippen molar-refractivity contribution in [1.82, 2.24) is 4.90 Å². The predicted octanol–water partition coefficient (Wildman–Crippen LogP) is 1.87. The number of hydrogen-bond acceptors (Lipinski definition) is 4. The summed E-state index contributed by atoms with van der Waals surface area (Å²) in [5, 5.41) is 0. The molecule has 0 radical (unpaired) electrons. The molecular formula is C15H24N2O2. The van der Waals surface area contributed by atoms with E-state index in [9.17, 15) is 0 Å². The molecule has 0 spiro atoms. The van der Waals surface area contributed by atoms with E-state index in [2.05, 4.69) is 17.9 Å². The average Bonchev–Trinajstić information content (AvgIpc) is 2.87. The number of hydrogen-bond donors (Lipinski definition) is 1. The first-order chi connectivity index (χ1) is 9.15. The lowest BCUT2D eigenvalue weighted by molar-refractivity contribution is 0.296. The highest BCUT2D eigenvalue weighted by molar-refractivity contribution is 5.46. The van der Waals surface area contributed by atoms with E-state index in [4.69, 9.17) is 15.2 Å². The van der Waals surface area contributed by atoms with Gasteiger partial charge >= 0.3 is 0 Å². The maximum atomic E-state index is 5.98. The van der Waals surface area contributed by atoms with Crippen molar-refractivity contribution in [3.63, 3.8) is 0 Å². The Kier molecular flexibility index (Phi) is 4.66. The van der Waals surface area contributed by atoms with Crippen molar-refractivity contribution in [2.45, 2.75) is 25.9 Å². The van der Waals surface area contributed by atoms with Gasteiger partial charge in [0.05, 0.1) is 14.2 Å². The van der Waals surface area contributed by atoms with Gasteiger partial charge in [-0.2, -0.15) is 0 Å². The molecule has 4 heteroatoms. The van der Waals surface area contributed by atoms with Gasteiger partial charge in [0.2, 0.25) is 0 Å². The number of nitrogens with two attached hydrogens (primary N) is 1. The zero-order valence-corrected chi connectivity index (χ0v) is 12.1. The summed E-state index contributed by atoms with van der Waals surface area (Å²) in [6.07, 6.45) is 1.18. The van der Waals surface area contributed by atoms with Gasteiger partial charge in [0, 0.05) is 24.7 Å². The third kappa shape index (κ3) is 3.19. The zero-order valence-electron chi connectivity index (χ0n) is 12.1. The number of likely N-dealkylation sites (tertiary alicyclic amines) is 1. The van der Waals surface area contributed by atoms with Crippen molar-refractivity contribution in [3.05, 3.63) is 23.8 Å². The van der Waals surface area contributed by atoms with Crippen molar-refractivity contribution < 1.29 is 9.47 Å². The standard InChI is InChI=1S/C15H24N2O2/c1-11(16)12-7-8-17(9-12)10-13-5-4-6-14(18-2)15(13)19-3/h4-6,11-12H,7-10,16H2,1-3H3. The first kappa shape index (κ1) is 14.2. The lowest BCUT2D eigenvalue weighted by Gasteiger charge is -2.20. The van der Waals surface area contributed by atoms with Crippen LogP contribution in [-0.2, 0) is 6.54 Å². The number of rotatable bonds is 5. The molecule has 1 heterocycles. The van der Waals surface area contributed by atoms with E-state index in [1.165, 1.54) is 12.0 Å². The summed E-state index contributed by atoms with van der Waals surface area (Å²) in [7, 11) is 3.36. The van der Waals surface area contributed by atoms with Gasteiger partial charge in [0.15, 0.2) is 11.5 Å². The molecule has 0 aliphatic carbocycles. The molecule has 4 nitrogen and oxygen atoms in total. The molecule has 1 saturated heterocycles. The maximum Gasteiger partial charge on any atom is 0.165 e. The van der Waals surface area contributed by atoms with Crippen molar-refractivity contribution in [2.24, 2.45) is 11.7 Å². The van der Waals surface area contributed by atoms with Crippen LogP contribution in [0.25, 0.3) is 0 Å². The molecule has 1 fully saturated rings. The topological polar surface area (TPSA) is 47.7 Å². The summed E-state index contributed by atoms with van der Waals surface area (Å²) in [5.74, 6) is 2.24. The molecule has 0 amide bonds. The van der Waals surface area contributed by atoms with Crippen LogP contribution in [0, 0.1) is 5.92 Å². The molecule has 1 aromatic rings. The van der Waals surface area contributed by atoms with Crippen LogP contribution < -0.4 is 15.2 Å². The Balaban J connectivity index is 2.08. The SMILES string of the molecule is COc1cccc(CN2CCC(C(C)N)C2)c1OC. The highest BCUT2D eigenvalue weighted by atomic mass is 16.5. The minimum Gasteiger partial charge on any atom is -0.493 e. The van der Waals surface area contributed by atoms with Crippen LogP contribution in [0.5, 0.6) is 11.5 Å². The minimum absolute atomic E-state index is 0.275. The number of ether oxygens (including phenoxy) is 2. The molecule has 2 atom stereocenters. The van der Waals surface area contributed by atoms with Crippen molar-refractivity contribution in [2.75, 3.05) is 27.3 Å². The van der Waals surface area contributed by atoms with Crippen molar-refractivity contribution >= 4 is 0 Å². The van der Waals surface area contributed by atoms with Gasteiger partial charge in [-0.25, -0.2) is 0 Å². The molecule has 0 aromatic heterocycles. The largest absolute Gasteiger partial charge is 0.493 e. The van der Waals surface area contributed by atoms with Gasteiger partial charge in [-0.05, 0) is 31.9 Å². The number of benzene rings is 1. The summed E-state index contributed by atoms with van der Waals surface area (Å²) in [6.45, 7) is 5.16. The fourth-order valence-electron chi connectivity index (χ4n) is 2.75. The quantitative estimate of drug-likeness (QED) is 0.882. The lowest BCUT2D eigenvalue weighted by atomic mass is 10.0. The van der Waals surface area contributed by atoms with Gasteiger partial charge in [-0.3, -0.25) is 4.90 Å². The molecule has 1 aliphatic heterocycles. The Hall–Kier alpha value is -1.26. The van der Waals surface area contributed by atoms with Crippen LogP contribution in [0.3, 0.4) is 0 Å². The van der Waals surface area contributed by atoms with E-state index < -0.39 is 0 Å². The van der Waals surface area contributed by atoms with Gasteiger partial charge in [0.25, 0.3) is 0 Å². The van der Waals surface area contributed by atoms with E-state index in [0.29, 0.717) is 5.92 Å². The lowest BCUT2D eigenvalue weighted by Crippen LogP contribution is -2.29. The Labute approximate surface area is 115 Å². The second-order valence-corrected chi connectivity index (χ2v) is 5.30. The van der Waals surface area contributed by atoms with E-state index in [0.717, 1.165) is 31.1 Å². The molecule has 1 aliphatic rings. The Bertz CT molecular complexity index is 421. The van der Waals surface area contributed by atoms with Gasteiger partial charge in [-0.1, -0.05) is 12.1 Å². The minimum atomic E-state index is 0.275.